The van der Waals surface area contributed by atoms with Gasteiger partial charge in [0.15, 0.2) is 0 Å². The lowest BCUT2D eigenvalue weighted by atomic mass is 10.1. The summed E-state index contributed by atoms with van der Waals surface area (Å²) in [5.41, 5.74) is 8.15. The highest BCUT2D eigenvalue weighted by Crippen LogP contribution is 2.08. The van der Waals surface area contributed by atoms with E-state index in [2.05, 4.69) is 15.3 Å². The van der Waals surface area contributed by atoms with Gasteiger partial charge in [0.05, 0.1) is 0 Å². The van der Waals surface area contributed by atoms with Gasteiger partial charge in [-0.2, -0.15) is 0 Å². The second-order valence-corrected chi connectivity index (χ2v) is 2.54. The smallest absolute Gasteiger partial charge is 0.0386 e. The van der Waals surface area contributed by atoms with Crippen LogP contribution < -0.4 is 5.32 Å². The van der Waals surface area contributed by atoms with Gasteiger partial charge in [-0.1, -0.05) is 5.11 Å². The topological polar surface area (TPSA) is 60.8 Å². The molecule has 0 amide bonds. The van der Waals surface area contributed by atoms with Crippen molar-refractivity contribution in [3.05, 3.63) is 10.4 Å². The van der Waals surface area contributed by atoms with Crippen LogP contribution >= 0.6 is 0 Å². The monoisotopic (exact) mass is 140 g/mol. The molecule has 0 saturated carbocycles. The van der Waals surface area contributed by atoms with E-state index in [0.29, 0.717) is 0 Å². The van der Waals surface area contributed by atoms with Crippen LogP contribution in [0.1, 0.15) is 19.3 Å². The molecule has 1 rings (SSSR count). The van der Waals surface area contributed by atoms with E-state index >= 15 is 0 Å². The van der Waals surface area contributed by atoms with Gasteiger partial charge < -0.3 is 5.32 Å². The summed E-state index contributed by atoms with van der Waals surface area (Å²) < 4.78 is 0. The minimum atomic E-state index is 0.236. The fourth-order valence-corrected chi connectivity index (χ4v) is 1.19. The van der Waals surface area contributed by atoms with Gasteiger partial charge in [-0.05, 0) is 37.9 Å². The number of azide groups is 1. The molecule has 1 atom stereocenters. The zero-order valence-electron chi connectivity index (χ0n) is 5.95. The molecule has 0 aliphatic carbocycles. The van der Waals surface area contributed by atoms with Crippen molar-refractivity contribution in [2.75, 3.05) is 13.1 Å². The first-order chi connectivity index (χ1) is 4.93. The quantitative estimate of drug-likeness (QED) is 0.334. The second kappa shape index (κ2) is 4.14. The number of hydrogen-bond acceptors (Lipinski definition) is 2. The first kappa shape index (κ1) is 7.38. The standard InChI is InChI=1S/C6H12N4/c7-10-9-6-2-1-4-8-5-3-6/h6,8H,1-5H2. The van der Waals surface area contributed by atoms with Crippen molar-refractivity contribution in [1.82, 2.24) is 5.32 Å². The highest BCUT2D eigenvalue weighted by atomic mass is 15.1. The molecule has 1 aliphatic heterocycles. The molecule has 0 radical (unpaired) electrons. The van der Waals surface area contributed by atoms with Crippen molar-refractivity contribution in [1.29, 1.82) is 0 Å². The van der Waals surface area contributed by atoms with Crippen LogP contribution in [-0.2, 0) is 0 Å². The Bertz CT molecular complexity index is 131. The van der Waals surface area contributed by atoms with E-state index in [0.717, 1.165) is 32.4 Å². The van der Waals surface area contributed by atoms with Gasteiger partial charge in [-0.15, -0.1) is 0 Å². The Morgan fingerprint density at radius 2 is 2.30 bits per heavy atom. The Balaban J connectivity index is 2.34. The van der Waals surface area contributed by atoms with E-state index in [-0.39, 0.29) is 6.04 Å². The zero-order valence-corrected chi connectivity index (χ0v) is 5.95. The largest absolute Gasteiger partial charge is 0.317 e. The fourth-order valence-electron chi connectivity index (χ4n) is 1.19. The molecule has 0 aromatic heterocycles. The third-order valence-corrected chi connectivity index (χ3v) is 1.76. The van der Waals surface area contributed by atoms with E-state index in [1.807, 2.05) is 0 Å². The molecule has 0 aromatic rings. The van der Waals surface area contributed by atoms with E-state index in [4.69, 9.17) is 5.53 Å². The maximum atomic E-state index is 8.15. The van der Waals surface area contributed by atoms with Crippen LogP contribution in [0.3, 0.4) is 0 Å². The number of hydrogen-bond donors (Lipinski definition) is 1. The van der Waals surface area contributed by atoms with Crippen LogP contribution in [-0.4, -0.2) is 19.1 Å². The SMILES string of the molecule is [N-]=[N+]=NC1CCCNCC1. The Morgan fingerprint density at radius 3 is 3.10 bits per heavy atom. The molecule has 1 fully saturated rings. The minimum Gasteiger partial charge on any atom is -0.317 e. The molecule has 56 valence electrons. The first-order valence-corrected chi connectivity index (χ1v) is 3.68. The molecule has 1 N–H and O–H groups in total. The summed E-state index contributed by atoms with van der Waals surface area (Å²) in [6.07, 6.45) is 3.16. The van der Waals surface area contributed by atoms with Crippen molar-refractivity contribution in [3.8, 4) is 0 Å². The highest BCUT2D eigenvalue weighted by molar-refractivity contribution is 4.72. The summed E-state index contributed by atoms with van der Waals surface area (Å²) in [5, 5.41) is 6.94. The van der Waals surface area contributed by atoms with Crippen LogP contribution in [0.25, 0.3) is 10.4 Å². The molecular weight excluding hydrogens is 128 g/mol. The minimum absolute atomic E-state index is 0.236. The molecule has 0 bridgehead atoms. The highest BCUT2D eigenvalue weighted by Gasteiger charge is 2.08. The zero-order chi connectivity index (χ0) is 7.23. The summed E-state index contributed by atoms with van der Waals surface area (Å²) in [6, 6.07) is 0.236. The maximum Gasteiger partial charge on any atom is 0.0386 e. The van der Waals surface area contributed by atoms with E-state index in [9.17, 15) is 0 Å². The normalized spacial score (nSPS) is 26.6. The molecule has 1 saturated heterocycles. The fraction of sp³-hybridized carbons (Fsp3) is 1.00. The Morgan fingerprint density at radius 1 is 1.40 bits per heavy atom. The molecule has 0 aromatic carbocycles. The Kier molecular flexibility index (Phi) is 3.06. The van der Waals surface area contributed by atoms with Crippen molar-refractivity contribution in [2.24, 2.45) is 5.11 Å². The van der Waals surface area contributed by atoms with Crippen LogP contribution in [0, 0.1) is 0 Å². The summed E-state index contributed by atoms with van der Waals surface area (Å²) >= 11 is 0. The number of rotatable bonds is 1. The van der Waals surface area contributed by atoms with Crippen LogP contribution in [0.2, 0.25) is 0 Å². The summed E-state index contributed by atoms with van der Waals surface area (Å²) in [6.45, 7) is 2.06. The number of nitrogens with zero attached hydrogens (tertiary/aromatic N) is 3. The first-order valence-electron chi connectivity index (χ1n) is 3.68. The van der Waals surface area contributed by atoms with Gasteiger partial charge in [-0.25, -0.2) is 0 Å². The van der Waals surface area contributed by atoms with Crippen molar-refractivity contribution in [3.63, 3.8) is 0 Å². The molecule has 1 heterocycles. The number of nitrogens with one attached hydrogen (secondary N) is 1. The lowest BCUT2D eigenvalue weighted by Gasteiger charge is -2.02. The molecular formula is C6H12N4. The third kappa shape index (κ3) is 2.25. The van der Waals surface area contributed by atoms with Gasteiger partial charge in [0, 0.05) is 11.0 Å². The molecule has 4 heteroatoms. The average molecular weight is 140 g/mol. The maximum absolute atomic E-state index is 8.15. The Hall–Kier alpha value is -0.730. The summed E-state index contributed by atoms with van der Waals surface area (Å²) in [4.78, 5) is 2.80. The molecule has 10 heavy (non-hydrogen) atoms. The molecule has 0 spiro atoms. The van der Waals surface area contributed by atoms with Crippen molar-refractivity contribution in [2.45, 2.75) is 25.3 Å². The Labute approximate surface area is 60.2 Å². The van der Waals surface area contributed by atoms with E-state index in [1.165, 1.54) is 0 Å². The lowest BCUT2D eigenvalue weighted by molar-refractivity contribution is 0.596. The predicted molar refractivity (Wildman–Crippen MR) is 39.7 cm³/mol. The third-order valence-electron chi connectivity index (χ3n) is 1.76. The van der Waals surface area contributed by atoms with Crippen LogP contribution in [0.5, 0.6) is 0 Å². The molecule has 4 nitrogen and oxygen atoms in total. The molecule has 1 aliphatic rings. The lowest BCUT2D eigenvalue weighted by Crippen LogP contribution is -2.14. The predicted octanol–water partition coefficient (Wildman–Crippen LogP) is 1.44. The van der Waals surface area contributed by atoms with Crippen molar-refractivity contribution < 1.29 is 0 Å². The summed E-state index contributed by atoms with van der Waals surface area (Å²) in [5.74, 6) is 0. The van der Waals surface area contributed by atoms with E-state index in [1.54, 1.807) is 0 Å². The van der Waals surface area contributed by atoms with E-state index < -0.39 is 0 Å². The van der Waals surface area contributed by atoms with Gasteiger partial charge in [0.1, 0.15) is 0 Å². The second-order valence-electron chi connectivity index (χ2n) is 2.54. The van der Waals surface area contributed by atoms with Gasteiger partial charge in [0.2, 0.25) is 0 Å². The van der Waals surface area contributed by atoms with Crippen molar-refractivity contribution >= 4 is 0 Å². The molecule has 1 unspecified atom stereocenters. The van der Waals surface area contributed by atoms with Crippen LogP contribution in [0.4, 0.5) is 0 Å². The van der Waals surface area contributed by atoms with Gasteiger partial charge in [0.25, 0.3) is 0 Å². The van der Waals surface area contributed by atoms with Crippen LogP contribution in [0.15, 0.2) is 5.11 Å². The van der Waals surface area contributed by atoms with Gasteiger partial charge in [-0.3, -0.25) is 0 Å². The average Bonchev–Trinajstić information content (AvgIpc) is 2.17. The van der Waals surface area contributed by atoms with Gasteiger partial charge >= 0.3 is 0 Å². The summed E-state index contributed by atoms with van der Waals surface area (Å²) in [7, 11) is 0.